The zero-order valence-electron chi connectivity index (χ0n) is 17.4. The van der Waals surface area contributed by atoms with E-state index in [1.54, 1.807) is 18.7 Å². The van der Waals surface area contributed by atoms with Crippen LogP contribution in [0, 0.1) is 0 Å². The number of rotatable bonds is 5. The lowest BCUT2D eigenvalue weighted by Gasteiger charge is -2.31. The summed E-state index contributed by atoms with van der Waals surface area (Å²) in [4.78, 5) is 18.0. The molecule has 33 heavy (non-hydrogen) atoms. The SMILES string of the molecule is C/C(=N\OC=O)c1ccc(N2CCSc3cc(-c4ccc(C(F)(F)F)cc4)ccc32)cc1Cl. The molecule has 0 bridgehead atoms. The number of thioether (sulfide) groups is 1. The summed E-state index contributed by atoms with van der Waals surface area (Å²) >= 11 is 8.16. The van der Waals surface area contributed by atoms with Crippen LogP contribution in [0.5, 0.6) is 0 Å². The zero-order valence-corrected chi connectivity index (χ0v) is 19.0. The smallest absolute Gasteiger partial charge is 0.340 e. The van der Waals surface area contributed by atoms with Crippen LogP contribution in [0.1, 0.15) is 18.1 Å². The Morgan fingerprint density at radius 3 is 2.48 bits per heavy atom. The molecule has 0 N–H and O–H groups in total. The number of benzene rings is 3. The van der Waals surface area contributed by atoms with Crippen LogP contribution in [0.2, 0.25) is 5.02 Å². The molecule has 170 valence electrons. The van der Waals surface area contributed by atoms with Crippen molar-refractivity contribution in [3.05, 3.63) is 76.8 Å². The second kappa shape index (κ2) is 9.49. The molecule has 1 aliphatic heterocycles. The molecular formula is C24H18ClF3N2O2S. The number of alkyl halides is 3. The number of hydrogen-bond donors (Lipinski definition) is 0. The quantitative estimate of drug-likeness (QED) is 0.164. The maximum Gasteiger partial charge on any atom is 0.416 e. The highest BCUT2D eigenvalue weighted by molar-refractivity contribution is 7.99. The summed E-state index contributed by atoms with van der Waals surface area (Å²) in [6, 6.07) is 16.6. The highest BCUT2D eigenvalue weighted by Gasteiger charge is 2.30. The first kappa shape index (κ1) is 23.2. The monoisotopic (exact) mass is 490 g/mol. The summed E-state index contributed by atoms with van der Waals surface area (Å²) < 4.78 is 38.6. The molecule has 0 unspecified atom stereocenters. The molecule has 3 aromatic rings. The number of carbonyl (C=O) groups excluding carboxylic acids is 1. The number of anilines is 2. The van der Waals surface area contributed by atoms with Gasteiger partial charge in [-0.05, 0) is 60.5 Å². The Kier molecular flexibility index (Phi) is 6.67. The first-order chi connectivity index (χ1) is 15.8. The summed E-state index contributed by atoms with van der Waals surface area (Å²) in [6.07, 6.45) is -4.35. The lowest BCUT2D eigenvalue weighted by atomic mass is 10.0. The second-order valence-corrected chi connectivity index (χ2v) is 8.84. The molecule has 3 aromatic carbocycles. The Morgan fingerprint density at radius 1 is 1.09 bits per heavy atom. The highest BCUT2D eigenvalue weighted by Crippen LogP contribution is 2.42. The molecule has 1 heterocycles. The summed E-state index contributed by atoms with van der Waals surface area (Å²) in [5, 5.41) is 4.17. The Hall–Kier alpha value is -2.97. The number of fused-ring (bicyclic) bond motifs is 1. The number of oxime groups is 1. The summed E-state index contributed by atoms with van der Waals surface area (Å²) in [6.45, 7) is 2.71. The van der Waals surface area contributed by atoms with Gasteiger partial charge in [0.2, 0.25) is 0 Å². The molecular weight excluding hydrogens is 473 g/mol. The van der Waals surface area contributed by atoms with E-state index in [2.05, 4.69) is 14.9 Å². The third-order valence-corrected chi connectivity index (χ3v) is 6.59. The van der Waals surface area contributed by atoms with Crippen molar-refractivity contribution in [3.63, 3.8) is 0 Å². The van der Waals surface area contributed by atoms with Crippen LogP contribution in [0.15, 0.2) is 70.7 Å². The van der Waals surface area contributed by atoms with Gasteiger partial charge in [-0.2, -0.15) is 13.2 Å². The van der Waals surface area contributed by atoms with Gasteiger partial charge in [-0.15, -0.1) is 11.8 Å². The van der Waals surface area contributed by atoms with Gasteiger partial charge in [0, 0.05) is 28.4 Å². The van der Waals surface area contributed by atoms with E-state index in [9.17, 15) is 18.0 Å². The van der Waals surface area contributed by atoms with E-state index in [1.807, 2.05) is 36.4 Å². The fraction of sp³-hybridized carbons (Fsp3) is 0.167. The molecule has 0 aromatic heterocycles. The van der Waals surface area contributed by atoms with E-state index in [0.29, 0.717) is 16.3 Å². The third-order valence-electron chi connectivity index (χ3n) is 5.26. The van der Waals surface area contributed by atoms with Crippen LogP contribution in [-0.4, -0.2) is 24.5 Å². The first-order valence-electron chi connectivity index (χ1n) is 9.94. The lowest BCUT2D eigenvalue weighted by molar-refractivity contribution is -0.137. The third kappa shape index (κ3) is 5.02. The van der Waals surface area contributed by atoms with E-state index >= 15 is 0 Å². The molecule has 0 amide bonds. The van der Waals surface area contributed by atoms with Gasteiger partial charge in [-0.1, -0.05) is 35.0 Å². The highest BCUT2D eigenvalue weighted by atomic mass is 35.5. The minimum atomic E-state index is -4.35. The van der Waals surface area contributed by atoms with E-state index in [-0.39, 0.29) is 6.47 Å². The molecule has 0 saturated heterocycles. The van der Waals surface area contributed by atoms with E-state index < -0.39 is 11.7 Å². The van der Waals surface area contributed by atoms with Crippen molar-refractivity contribution in [2.24, 2.45) is 5.16 Å². The van der Waals surface area contributed by atoms with Crippen LogP contribution < -0.4 is 4.90 Å². The molecule has 0 fully saturated rings. The Balaban J connectivity index is 1.62. The fourth-order valence-electron chi connectivity index (χ4n) is 3.63. The molecule has 1 aliphatic rings. The van der Waals surface area contributed by atoms with Gasteiger partial charge in [0.25, 0.3) is 0 Å². The molecule has 9 heteroatoms. The van der Waals surface area contributed by atoms with Crippen molar-refractivity contribution < 1.29 is 22.8 Å². The first-order valence-corrected chi connectivity index (χ1v) is 11.3. The standard InChI is InChI=1S/C24H18ClF3N2O2S/c1-15(29-32-14-31)20-8-7-19(13-21(20)25)30-10-11-33-23-12-17(4-9-22(23)30)16-2-5-18(6-3-16)24(26,27)28/h2-9,12-14H,10-11H2,1H3/b29-15+. The van der Waals surface area contributed by atoms with Gasteiger partial charge in [0.1, 0.15) is 0 Å². The second-order valence-electron chi connectivity index (χ2n) is 7.30. The lowest BCUT2D eigenvalue weighted by Crippen LogP contribution is -2.24. The van der Waals surface area contributed by atoms with Crippen molar-refractivity contribution in [1.29, 1.82) is 0 Å². The van der Waals surface area contributed by atoms with Crippen molar-refractivity contribution in [1.82, 2.24) is 0 Å². The van der Waals surface area contributed by atoms with Crippen molar-refractivity contribution in [2.45, 2.75) is 18.0 Å². The average Bonchev–Trinajstić information content (AvgIpc) is 2.81. The molecule has 0 saturated carbocycles. The molecule has 0 aliphatic carbocycles. The van der Waals surface area contributed by atoms with Crippen LogP contribution in [0.25, 0.3) is 11.1 Å². The van der Waals surface area contributed by atoms with Gasteiger partial charge >= 0.3 is 12.6 Å². The molecule has 4 rings (SSSR count). The van der Waals surface area contributed by atoms with Crippen molar-refractivity contribution in [2.75, 3.05) is 17.2 Å². The van der Waals surface area contributed by atoms with Crippen LogP contribution >= 0.6 is 23.4 Å². The molecule has 0 radical (unpaired) electrons. The summed E-state index contributed by atoms with van der Waals surface area (Å²) in [5.74, 6) is 0.844. The Morgan fingerprint density at radius 2 is 1.82 bits per heavy atom. The fourth-order valence-corrected chi connectivity index (χ4v) is 4.98. The zero-order chi connectivity index (χ0) is 23.6. The largest absolute Gasteiger partial charge is 0.416 e. The van der Waals surface area contributed by atoms with E-state index in [1.165, 1.54) is 12.1 Å². The molecule has 4 nitrogen and oxygen atoms in total. The number of halogens is 4. The van der Waals surface area contributed by atoms with Gasteiger partial charge in [-0.3, -0.25) is 4.79 Å². The molecule has 0 atom stereocenters. The van der Waals surface area contributed by atoms with Gasteiger partial charge in [-0.25, -0.2) is 0 Å². The molecule has 0 spiro atoms. The van der Waals surface area contributed by atoms with Crippen LogP contribution in [0.3, 0.4) is 0 Å². The minimum absolute atomic E-state index is 0.243. The minimum Gasteiger partial charge on any atom is -0.340 e. The van der Waals surface area contributed by atoms with Crippen LogP contribution in [0.4, 0.5) is 24.5 Å². The number of nitrogens with zero attached hydrogens (tertiary/aromatic N) is 2. The van der Waals surface area contributed by atoms with E-state index in [4.69, 9.17) is 11.6 Å². The average molecular weight is 491 g/mol. The predicted octanol–water partition coefficient (Wildman–Crippen LogP) is 7.17. The topological polar surface area (TPSA) is 41.9 Å². The van der Waals surface area contributed by atoms with Gasteiger partial charge in [0.05, 0.1) is 22.0 Å². The van der Waals surface area contributed by atoms with Gasteiger partial charge in [0.15, 0.2) is 0 Å². The summed E-state index contributed by atoms with van der Waals surface area (Å²) in [7, 11) is 0. The predicted molar refractivity (Wildman–Crippen MR) is 125 cm³/mol. The van der Waals surface area contributed by atoms with Crippen molar-refractivity contribution in [3.8, 4) is 11.1 Å². The number of carbonyl (C=O) groups is 1. The number of hydrogen-bond acceptors (Lipinski definition) is 5. The van der Waals surface area contributed by atoms with Crippen LogP contribution in [-0.2, 0) is 15.8 Å². The normalized spacial score (nSPS) is 14.1. The van der Waals surface area contributed by atoms with Gasteiger partial charge < -0.3 is 9.74 Å². The maximum absolute atomic E-state index is 12.9. The summed E-state index contributed by atoms with van der Waals surface area (Å²) in [5.41, 5.74) is 3.96. The Labute approximate surface area is 198 Å². The Bertz CT molecular complexity index is 1210. The van der Waals surface area contributed by atoms with Crippen molar-refractivity contribution >= 4 is 46.9 Å². The van der Waals surface area contributed by atoms with E-state index in [0.717, 1.165) is 51.8 Å². The maximum atomic E-state index is 12.9.